The van der Waals surface area contributed by atoms with Crippen LogP contribution in [0.1, 0.15) is 24.6 Å². The van der Waals surface area contributed by atoms with E-state index >= 15 is 0 Å². The molecule has 1 aliphatic carbocycles. The van der Waals surface area contributed by atoms with Gasteiger partial charge < -0.3 is 10.6 Å². The van der Waals surface area contributed by atoms with Gasteiger partial charge in [-0.2, -0.15) is 0 Å². The summed E-state index contributed by atoms with van der Waals surface area (Å²) in [7, 11) is 0. The van der Waals surface area contributed by atoms with Gasteiger partial charge in [0, 0.05) is 23.9 Å². The number of nitrogens with one attached hydrogen (secondary N) is 3. The monoisotopic (exact) mass is 284 g/mol. The highest BCUT2D eigenvalue weighted by atomic mass is 16.1. The Labute approximate surface area is 121 Å². The number of H-pyrrole nitrogens is 1. The van der Waals surface area contributed by atoms with Gasteiger partial charge in [-0.1, -0.05) is 6.07 Å². The number of aromatic amines is 1. The lowest BCUT2D eigenvalue weighted by atomic mass is 10.2. The zero-order valence-electron chi connectivity index (χ0n) is 11.7. The largest absolute Gasteiger partial charge is 0.326 e. The molecular weight excluding hydrogens is 268 g/mol. The van der Waals surface area contributed by atoms with Crippen LogP contribution in [0.2, 0.25) is 0 Å². The van der Waals surface area contributed by atoms with Crippen LogP contribution in [0, 0.1) is 0 Å². The number of hydrogen-bond acceptors (Lipinski definition) is 4. The minimum atomic E-state index is -0.129. The standard InChI is InChI=1S/C15H16N4O2/c1-9(20)16-10-4-2-5-11(8-10)17-15-18-13-7-3-6-12(13)14(21)19-15/h2,4-5,8H,3,6-7H2,1H3,(H,16,20)(H2,17,18,19,21). The number of aromatic nitrogens is 2. The van der Waals surface area contributed by atoms with Crippen LogP contribution in [0.4, 0.5) is 17.3 Å². The Hall–Kier alpha value is -2.63. The maximum absolute atomic E-state index is 11.9. The molecule has 3 rings (SSSR count). The molecule has 0 radical (unpaired) electrons. The van der Waals surface area contributed by atoms with Crippen molar-refractivity contribution in [3.8, 4) is 0 Å². The molecule has 0 fully saturated rings. The van der Waals surface area contributed by atoms with Crippen LogP contribution in [0.3, 0.4) is 0 Å². The van der Waals surface area contributed by atoms with Crippen molar-refractivity contribution in [1.29, 1.82) is 0 Å². The molecule has 1 aliphatic rings. The Morgan fingerprint density at radius 1 is 1.29 bits per heavy atom. The number of carbonyl (C=O) groups is 1. The van der Waals surface area contributed by atoms with Crippen LogP contribution < -0.4 is 16.2 Å². The highest BCUT2D eigenvalue weighted by Gasteiger charge is 2.17. The first-order valence-corrected chi connectivity index (χ1v) is 6.88. The Bertz CT molecular complexity index is 752. The Morgan fingerprint density at radius 3 is 2.90 bits per heavy atom. The fraction of sp³-hybridized carbons (Fsp3) is 0.267. The van der Waals surface area contributed by atoms with E-state index < -0.39 is 0 Å². The van der Waals surface area contributed by atoms with Crippen LogP contribution in [0.25, 0.3) is 0 Å². The molecule has 0 spiro atoms. The van der Waals surface area contributed by atoms with E-state index in [-0.39, 0.29) is 11.5 Å². The molecule has 108 valence electrons. The van der Waals surface area contributed by atoms with E-state index in [4.69, 9.17) is 0 Å². The molecule has 0 unspecified atom stereocenters. The average Bonchev–Trinajstić information content (AvgIpc) is 2.87. The second kappa shape index (κ2) is 5.40. The second-order valence-corrected chi connectivity index (χ2v) is 5.08. The molecule has 21 heavy (non-hydrogen) atoms. The first kappa shape index (κ1) is 13.4. The zero-order chi connectivity index (χ0) is 14.8. The molecule has 0 atom stereocenters. The smallest absolute Gasteiger partial charge is 0.255 e. The quantitative estimate of drug-likeness (QED) is 0.804. The van der Waals surface area contributed by atoms with Gasteiger partial charge in [0.1, 0.15) is 0 Å². The topological polar surface area (TPSA) is 86.9 Å². The molecule has 0 bridgehead atoms. The van der Waals surface area contributed by atoms with E-state index in [2.05, 4.69) is 20.6 Å². The van der Waals surface area contributed by atoms with Crippen LogP contribution in [-0.4, -0.2) is 15.9 Å². The minimum absolute atomic E-state index is 0.0713. The molecule has 1 amide bonds. The summed E-state index contributed by atoms with van der Waals surface area (Å²) in [6, 6.07) is 7.25. The summed E-state index contributed by atoms with van der Waals surface area (Å²) < 4.78 is 0. The van der Waals surface area contributed by atoms with E-state index in [0.29, 0.717) is 11.6 Å². The SMILES string of the molecule is CC(=O)Nc1cccc(Nc2nc3c(c(=O)[nH]2)CCC3)c1. The van der Waals surface area contributed by atoms with E-state index in [0.717, 1.165) is 36.2 Å². The lowest BCUT2D eigenvalue weighted by Gasteiger charge is -2.09. The molecule has 1 aromatic carbocycles. The Kier molecular flexibility index (Phi) is 3.43. The van der Waals surface area contributed by atoms with Gasteiger partial charge in [0.15, 0.2) is 0 Å². The summed E-state index contributed by atoms with van der Waals surface area (Å²) in [6.07, 6.45) is 2.63. The van der Waals surface area contributed by atoms with Crippen LogP contribution in [0.5, 0.6) is 0 Å². The predicted octanol–water partition coefficient (Wildman–Crippen LogP) is 1.96. The van der Waals surface area contributed by atoms with E-state index in [1.807, 2.05) is 12.1 Å². The summed E-state index contributed by atoms with van der Waals surface area (Å²) in [4.78, 5) is 30.2. The highest BCUT2D eigenvalue weighted by molar-refractivity contribution is 5.89. The van der Waals surface area contributed by atoms with Gasteiger partial charge in [0.05, 0.1) is 5.69 Å². The van der Waals surface area contributed by atoms with Gasteiger partial charge >= 0.3 is 0 Å². The number of amides is 1. The predicted molar refractivity (Wildman–Crippen MR) is 80.9 cm³/mol. The number of aryl methyl sites for hydroxylation is 1. The van der Waals surface area contributed by atoms with Gasteiger partial charge in [0.2, 0.25) is 11.9 Å². The molecular formula is C15H16N4O2. The number of anilines is 3. The van der Waals surface area contributed by atoms with E-state index in [9.17, 15) is 9.59 Å². The van der Waals surface area contributed by atoms with Gasteiger partial charge in [-0.05, 0) is 37.5 Å². The maximum Gasteiger partial charge on any atom is 0.255 e. The summed E-state index contributed by atoms with van der Waals surface area (Å²) in [5, 5.41) is 5.78. The van der Waals surface area contributed by atoms with E-state index in [1.54, 1.807) is 12.1 Å². The first-order chi connectivity index (χ1) is 10.1. The van der Waals surface area contributed by atoms with Crippen molar-refractivity contribution in [3.63, 3.8) is 0 Å². The van der Waals surface area contributed by atoms with E-state index in [1.165, 1.54) is 6.92 Å². The number of nitrogens with zero attached hydrogens (tertiary/aromatic N) is 1. The third-order valence-electron chi connectivity index (χ3n) is 3.39. The average molecular weight is 284 g/mol. The number of fused-ring (bicyclic) bond motifs is 1. The normalized spacial score (nSPS) is 12.8. The van der Waals surface area contributed by atoms with Crippen LogP contribution >= 0.6 is 0 Å². The second-order valence-electron chi connectivity index (χ2n) is 5.08. The molecule has 0 saturated carbocycles. The van der Waals surface area contributed by atoms with Gasteiger partial charge in [-0.25, -0.2) is 4.98 Å². The third kappa shape index (κ3) is 2.94. The number of carbonyl (C=O) groups excluding carboxylic acids is 1. The maximum atomic E-state index is 11.9. The molecule has 2 aromatic rings. The molecule has 0 saturated heterocycles. The zero-order valence-corrected chi connectivity index (χ0v) is 11.7. The van der Waals surface area contributed by atoms with Crippen LogP contribution in [-0.2, 0) is 17.6 Å². The minimum Gasteiger partial charge on any atom is -0.326 e. The van der Waals surface area contributed by atoms with Crippen LogP contribution in [0.15, 0.2) is 29.1 Å². The van der Waals surface area contributed by atoms with Crippen molar-refractivity contribution in [1.82, 2.24) is 9.97 Å². The summed E-state index contributed by atoms with van der Waals surface area (Å²) in [5.41, 5.74) is 3.04. The lowest BCUT2D eigenvalue weighted by molar-refractivity contribution is -0.114. The van der Waals surface area contributed by atoms with Crippen molar-refractivity contribution in [2.75, 3.05) is 10.6 Å². The van der Waals surface area contributed by atoms with Crippen molar-refractivity contribution in [2.45, 2.75) is 26.2 Å². The number of rotatable bonds is 3. The summed E-state index contributed by atoms with van der Waals surface area (Å²) >= 11 is 0. The van der Waals surface area contributed by atoms with Crippen molar-refractivity contribution >= 4 is 23.2 Å². The summed E-state index contributed by atoms with van der Waals surface area (Å²) in [6.45, 7) is 1.46. The number of benzene rings is 1. The van der Waals surface area contributed by atoms with Crippen molar-refractivity contribution in [2.24, 2.45) is 0 Å². The molecule has 6 heteroatoms. The van der Waals surface area contributed by atoms with Crippen molar-refractivity contribution in [3.05, 3.63) is 45.9 Å². The molecule has 3 N–H and O–H groups in total. The molecule has 6 nitrogen and oxygen atoms in total. The van der Waals surface area contributed by atoms with Gasteiger partial charge in [-0.3, -0.25) is 14.6 Å². The van der Waals surface area contributed by atoms with Gasteiger partial charge in [0.25, 0.3) is 5.56 Å². The molecule has 1 heterocycles. The third-order valence-corrected chi connectivity index (χ3v) is 3.39. The highest BCUT2D eigenvalue weighted by Crippen LogP contribution is 2.20. The fourth-order valence-corrected chi connectivity index (χ4v) is 2.52. The molecule has 1 aromatic heterocycles. The summed E-state index contributed by atoms with van der Waals surface area (Å²) in [5.74, 6) is 0.303. The lowest BCUT2D eigenvalue weighted by Crippen LogP contribution is -2.16. The fourth-order valence-electron chi connectivity index (χ4n) is 2.52. The first-order valence-electron chi connectivity index (χ1n) is 6.88. The van der Waals surface area contributed by atoms with Crippen molar-refractivity contribution < 1.29 is 4.79 Å². The Balaban J connectivity index is 1.85. The van der Waals surface area contributed by atoms with Gasteiger partial charge in [-0.15, -0.1) is 0 Å². The molecule has 0 aliphatic heterocycles. The Morgan fingerprint density at radius 2 is 2.10 bits per heavy atom. The number of hydrogen-bond donors (Lipinski definition) is 3.